The maximum Gasteiger partial charge on any atom is 0.229 e. The zero-order valence-electron chi connectivity index (χ0n) is 12.8. The molecule has 120 valence electrons. The molecule has 0 unspecified atom stereocenters. The van der Waals surface area contributed by atoms with Crippen LogP contribution in [0.15, 0.2) is 48.7 Å². The van der Waals surface area contributed by atoms with Crippen LogP contribution >= 0.6 is 0 Å². The normalized spacial score (nSPS) is 11.0. The van der Waals surface area contributed by atoms with Gasteiger partial charge in [-0.3, -0.25) is 4.72 Å². The Balaban J connectivity index is 1.89. The number of hydrogen-bond donors (Lipinski definition) is 2. The van der Waals surface area contributed by atoms with Crippen molar-refractivity contribution in [3.63, 3.8) is 0 Å². The van der Waals surface area contributed by atoms with E-state index >= 15 is 0 Å². The summed E-state index contributed by atoms with van der Waals surface area (Å²) in [6, 6.07) is 12.4. The van der Waals surface area contributed by atoms with E-state index in [0.29, 0.717) is 17.2 Å². The van der Waals surface area contributed by atoms with Gasteiger partial charge in [-0.05, 0) is 36.4 Å². The highest BCUT2D eigenvalue weighted by Gasteiger charge is 2.05. The minimum Gasteiger partial charge on any atom is -0.324 e. The van der Waals surface area contributed by atoms with Crippen LogP contribution in [0.1, 0.15) is 5.56 Å². The summed E-state index contributed by atoms with van der Waals surface area (Å²) in [5.41, 5.74) is 2.72. The monoisotopic (exact) mass is 338 g/mol. The average Bonchev–Trinajstić information content (AvgIpc) is 2.54. The Kier molecular flexibility index (Phi) is 4.06. The molecular weight excluding hydrogens is 324 g/mol. The topological polar surface area (TPSA) is 84.0 Å². The highest BCUT2D eigenvalue weighted by atomic mass is 32.2. The van der Waals surface area contributed by atoms with Gasteiger partial charge in [-0.2, -0.15) is 0 Å². The fraction of sp³-hybridized carbons (Fsp3) is 0.0588. The van der Waals surface area contributed by atoms with Crippen molar-refractivity contribution in [2.45, 2.75) is 0 Å². The molecule has 0 aliphatic heterocycles. The molecular formula is C17H14N4O2S. The molecule has 6 nitrogen and oxygen atoms in total. The molecule has 0 bridgehead atoms. The maximum absolute atomic E-state index is 11.3. The zero-order valence-corrected chi connectivity index (χ0v) is 13.6. The Bertz CT molecular complexity index is 1060. The molecule has 0 radical (unpaired) electrons. The van der Waals surface area contributed by atoms with Crippen LogP contribution in [-0.4, -0.2) is 24.6 Å². The zero-order chi connectivity index (χ0) is 17.2. The van der Waals surface area contributed by atoms with E-state index in [4.69, 9.17) is 6.42 Å². The van der Waals surface area contributed by atoms with Gasteiger partial charge in [0, 0.05) is 28.5 Å². The lowest BCUT2D eigenvalue weighted by Gasteiger charge is -2.08. The molecule has 7 heteroatoms. The molecule has 0 saturated carbocycles. The van der Waals surface area contributed by atoms with Crippen LogP contribution in [0.4, 0.5) is 17.3 Å². The lowest BCUT2D eigenvalue weighted by atomic mass is 10.2. The van der Waals surface area contributed by atoms with Gasteiger partial charge in [0.2, 0.25) is 16.0 Å². The van der Waals surface area contributed by atoms with Crippen molar-refractivity contribution in [2.24, 2.45) is 0 Å². The number of nitrogens with one attached hydrogen (secondary N) is 2. The van der Waals surface area contributed by atoms with Crippen LogP contribution in [0.3, 0.4) is 0 Å². The van der Waals surface area contributed by atoms with E-state index in [-0.39, 0.29) is 0 Å². The first-order valence-electron chi connectivity index (χ1n) is 7.01. The molecule has 1 heterocycles. The third-order valence-corrected chi connectivity index (χ3v) is 3.77. The van der Waals surface area contributed by atoms with Gasteiger partial charge < -0.3 is 5.32 Å². The number of anilines is 3. The molecule has 0 aliphatic carbocycles. The van der Waals surface area contributed by atoms with Crippen LogP contribution in [0, 0.1) is 12.3 Å². The van der Waals surface area contributed by atoms with Crippen LogP contribution in [0.5, 0.6) is 0 Å². The van der Waals surface area contributed by atoms with Crippen molar-refractivity contribution in [1.29, 1.82) is 0 Å². The summed E-state index contributed by atoms with van der Waals surface area (Å²) in [5.74, 6) is 3.00. The van der Waals surface area contributed by atoms with E-state index in [1.54, 1.807) is 24.4 Å². The summed E-state index contributed by atoms with van der Waals surface area (Å²) in [5, 5.41) is 3.82. The summed E-state index contributed by atoms with van der Waals surface area (Å²) >= 11 is 0. The molecule has 0 fully saturated rings. The summed E-state index contributed by atoms with van der Waals surface area (Å²) in [6.07, 6.45) is 8.12. The summed E-state index contributed by atoms with van der Waals surface area (Å²) in [7, 11) is -3.32. The lowest BCUT2D eigenvalue weighted by Crippen LogP contribution is -2.09. The van der Waals surface area contributed by atoms with E-state index < -0.39 is 10.0 Å². The average molecular weight is 338 g/mol. The van der Waals surface area contributed by atoms with Gasteiger partial charge in [-0.25, -0.2) is 18.4 Å². The van der Waals surface area contributed by atoms with Crippen molar-refractivity contribution in [2.75, 3.05) is 16.3 Å². The van der Waals surface area contributed by atoms with Crippen molar-refractivity contribution in [1.82, 2.24) is 9.97 Å². The Hall–Kier alpha value is -3.11. The predicted octanol–water partition coefficient (Wildman–Crippen LogP) is 2.73. The van der Waals surface area contributed by atoms with E-state index in [1.807, 2.05) is 24.3 Å². The van der Waals surface area contributed by atoms with E-state index in [1.165, 1.54) is 0 Å². The summed E-state index contributed by atoms with van der Waals surface area (Å²) in [4.78, 5) is 8.66. The molecule has 0 saturated heterocycles. The van der Waals surface area contributed by atoms with Crippen molar-refractivity contribution < 1.29 is 8.42 Å². The second-order valence-electron chi connectivity index (χ2n) is 5.19. The highest BCUT2D eigenvalue weighted by Crippen LogP contribution is 2.20. The van der Waals surface area contributed by atoms with E-state index in [9.17, 15) is 8.42 Å². The summed E-state index contributed by atoms with van der Waals surface area (Å²) < 4.78 is 25.0. The third-order valence-electron chi connectivity index (χ3n) is 3.17. The smallest absolute Gasteiger partial charge is 0.229 e. The predicted molar refractivity (Wildman–Crippen MR) is 95.7 cm³/mol. The first-order valence-corrected chi connectivity index (χ1v) is 8.90. The molecule has 2 N–H and O–H groups in total. The number of fused-ring (bicyclic) bond motifs is 1. The van der Waals surface area contributed by atoms with Gasteiger partial charge in [-0.15, -0.1) is 6.42 Å². The van der Waals surface area contributed by atoms with Gasteiger partial charge >= 0.3 is 0 Å². The summed E-state index contributed by atoms with van der Waals surface area (Å²) in [6.45, 7) is 0. The number of aromatic nitrogens is 2. The Morgan fingerprint density at radius 2 is 1.96 bits per heavy atom. The Labute approximate surface area is 140 Å². The third kappa shape index (κ3) is 3.80. The number of nitrogens with zero attached hydrogens (tertiary/aromatic N) is 2. The largest absolute Gasteiger partial charge is 0.324 e. The van der Waals surface area contributed by atoms with Crippen molar-refractivity contribution in [3.05, 3.63) is 54.2 Å². The van der Waals surface area contributed by atoms with Crippen LogP contribution in [0.2, 0.25) is 0 Å². The molecule has 0 spiro atoms. The number of hydrogen-bond acceptors (Lipinski definition) is 5. The van der Waals surface area contributed by atoms with E-state index in [2.05, 4.69) is 25.9 Å². The standard InChI is InChI=1S/C17H14N4O2S/c1-3-12-5-4-6-14(9-12)19-17-18-11-13-10-15(21-24(2,22)23)7-8-16(13)20-17/h1,4-11,21H,2H3,(H,18,19,20). The number of sulfonamides is 1. The Morgan fingerprint density at radius 1 is 1.12 bits per heavy atom. The number of terminal acetylenes is 1. The van der Waals surface area contributed by atoms with Crippen molar-refractivity contribution >= 4 is 38.2 Å². The van der Waals surface area contributed by atoms with Crippen LogP contribution in [0.25, 0.3) is 10.9 Å². The van der Waals surface area contributed by atoms with Gasteiger partial charge in [-0.1, -0.05) is 12.0 Å². The van der Waals surface area contributed by atoms with Gasteiger partial charge in [0.05, 0.1) is 11.8 Å². The second-order valence-corrected chi connectivity index (χ2v) is 6.94. The minimum atomic E-state index is -3.32. The maximum atomic E-state index is 11.3. The Morgan fingerprint density at radius 3 is 2.71 bits per heavy atom. The van der Waals surface area contributed by atoms with Gasteiger partial charge in [0.15, 0.2) is 0 Å². The van der Waals surface area contributed by atoms with Crippen LogP contribution < -0.4 is 10.0 Å². The first-order chi connectivity index (χ1) is 11.4. The number of benzene rings is 2. The molecule has 24 heavy (non-hydrogen) atoms. The molecule has 2 aromatic carbocycles. The fourth-order valence-electron chi connectivity index (χ4n) is 2.19. The minimum absolute atomic E-state index is 0.431. The molecule has 3 rings (SSSR count). The second kappa shape index (κ2) is 6.18. The van der Waals surface area contributed by atoms with Crippen molar-refractivity contribution in [3.8, 4) is 12.3 Å². The SMILES string of the molecule is C#Cc1cccc(Nc2ncc3cc(NS(C)(=O)=O)ccc3n2)c1. The molecule has 0 aliphatic rings. The van der Waals surface area contributed by atoms with Crippen LogP contribution in [-0.2, 0) is 10.0 Å². The number of rotatable bonds is 4. The van der Waals surface area contributed by atoms with Gasteiger partial charge in [0.1, 0.15) is 0 Å². The fourth-order valence-corrected chi connectivity index (χ4v) is 2.74. The molecule has 3 aromatic rings. The quantitative estimate of drug-likeness (QED) is 0.715. The van der Waals surface area contributed by atoms with Gasteiger partial charge in [0.25, 0.3) is 0 Å². The highest BCUT2D eigenvalue weighted by molar-refractivity contribution is 7.92. The lowest BCUT2D eigenvalue weighted by molar-refractivity contribution is 0.607. The van der Waals surface area contributed by atoms with E-state index in [0.717, 1.165) is 22.9 Å². The molecule has 0 amide bonds. The molecule has 1 aromatic heterocycles. The first kappa shape index (κ1) is 15.8. The molecule has 0 atom stereocenters.